The normalized spacial score (nSPS) is 11.3. The number of nitrogens with zero attached hydrogens (tertiary/aromatic N) is 2. The number of hydrogen-bond donors (Lipinski definition) is 0. The molecule has 0 atom stereocenters. The number of benzene rings is 5. The summed E-state index contributed by atoms with van der Waals surface area (Å²) in [5.41, 5.74) is 6.38. The first-order valence-electron chi connectivity index (χ1n) is 13.1. The van der Waals surface area contributed by atoms with E-state index < -0.39 is 5.54 Å². The van der Waals surface area contributed by atoms with Crippen LogP contribution in [0.2, 0.25) is 0 Å². The van der Waals surface area contributed by atoms with Crippen LogP contribution < -0.4 is 0 Å². The van der Waals surface area contributed by atoms with Gasteiger partial charge >= 0.3 is 0 Å². The first kappa shape index (κ1) is 24.3. The number of rotatable bonds is 7. The molecule has 0 amide bonds. The number of carbonyl (C=O) groups is 1. The number of imidazole rings is 1. The Morgan fingerprint density at radius 2 is 1.10 bits per heavy atom. The Balaban J connectivity index is 1.65. The van der Waals surface area contributed by atoms with Gasteiger partial charge in [0.25, 0.3) is 0 Å². The molecule has 1 aromatic heterocycles. The van der Waals surface area contributed by atoms with Crippen molar-refractivity contribution in [2.75, 3.05) is 0 Å². The Kier molecular flexibility index (Phi) is 6.48. The van der Waals surface area contributed by atoms with Gasteiger partial charge in [0.15, 0.2) is 0 Å². The Morgan fingerprint density at radius 3 is 1.62 bits per heavy atom. The summed E-state index contributed by atoms with van der Waals surface area (Å²) in [5.74, 6) is -0.0587. The van der Waals surface area contributed by atoms with Crippen LogP contribution in [0.1, 0.15) is 38.3 Å². The number of aryl methyl sites for hydroxylation is 1. The van der Waals surface area contributed by atoms with Gasteiger partial charge in [0.1, 0.15) is 11.2 Å². The number of carbonyl (C=O) groups excluding carboxylic acids is 1. The van der Waals surface area contributed by atoms with Crippen LogP contribution in [0.15, 0.2) is 152 Å². The first-order chi connectivity index (χ1) is 19.2. The van der Waals surface area contributed by atoms with E-state index >= 15 is 0 Å². The van der Waals surface area contributed by atoms with Gasteiger partial charge in [-0.3, -0.25) is 4.79 Å². The Labute approximate surface area is 229 Å². The largest absolute Gasteiger partial charge is 0.309 e. The molecule has 0 saturated heterocycles. The molecular formula is C36H28N2O. The second-order valence-electron chi connectivity index (χ2n) is 9.65. The molecule has 6 rings (SSSR count). The zero-order chi connectivity index (χ0) is 26.7. The van der Waals surface area contributed by atoms with E-state index in [0.29, 0.717) is 11.3 Å². The van der Waals surface area contributed by atoms with Crippen LogP contribution >= 0.6 is 0 Å². The van der Waals surface area contributed by atoms with E-state index in [9.17, 15) is 4.79 Å². The Morgan fingerprint density at radius 1 is 0.615 bits per heavy atom. The molecule has 39 heavy (non-hydrogen) atoms. The SMILES string of the molecule is Cc1cccc(-c2ccccc2)c1C(=O)c1cncn1C(c1ccccc1)(c1ccccc1)c1ccccc1. The third kappa shape index (κ3) is 4.18. The monoisotopic (exact) mass is 504 g/mol. The van der Waals surface area contributed by atoms with Crippen molar-refractivity contribution in [3.8, 4) is 11.1 Å². The summed E-state index contributed by atoms with van der Waals surface area (Å²) in [6, 6.07) is 47.2. The number of aromatic nitrogens is 2. The third-order valence-electron chi connectivity index (χ3n) is 7.39. The van der Waals surface area contributed by atoms with Gasteiger partial charge in [0.2, 0.25) is 5.78 Å². The minimum Gasteiger partial charge on any atom is -0.309 e. The molecule has 0 aliphatic heterocycles. The average molecular weight is 505 g/mol. The van der Waals surface area contributed by atoms with Gasteiger partial charge in [-0.05, 0) is 40.3 Å². The molecule has 5 aromatic carbocycles. The minimum atomic E-state index is -0.819. The van der Waals surface area contributed by atoms with E-state index in [1.165, 1.54) is 0 Å². The molecule has 1 heterocycles. The van der Waals surface area contributed by atoms with Crippen LogP contribution in [0.5, 0.6) is 0 Å². The second kappa shape index (κ2) is 10.4. The maximum absolute atomic E-state index is 14.6. The van der Waals surface area contributed by atoms with E-state index in [2.05, 4.69) is 45.9 Å². The lowest BCUT2D eigenvalue weighted by Crippen LogP contribution is -2.39. The van der Waals surface area contributed by atoms with Crippen LogP contribution in [0.4, 0.5) is 0 Å². The number of ketones is 1. The highest BCUT2D eigenvalue weighted by molar-refractivity contribution is 6.13. The lowest BCUT2D eigenvalue weighted by atomic mass is 9.76. The lowest BCUT2D eigenvalue weighted by molar-refractivity contribution is 0.102. The van der Waals surface area contributed by atoms with E-state index in [1.807, 2.05) is 110 Å². The van der Waals surface area contributed by atoms with Crippen LogP contribution in [0, 0.1) is 6.92 Å². The zero-order valence-electron chi connectivity index (χ0n) is 21.7. The predicted molar refractivity (Wildman–Crippen MR) is 157 cm³/mol. The Bertz CT molecular complexity index is 1610. The highest BCUT2D eigenvalue weighted by Gasteiger charge is 2.40. The van der Waals surface area contributed by atoms with Crippen LogP contribution in [-0.2, 0) is 5.54 Å². The van der Waals surface area contributed by atoms with Gasteiger partial charge in [-0.2, -0.15) is 0 Å². The van der Waals surface area contributed by atoms with Crippen molar-refractivity contribution in [2.24, 2.45) is 0 Å². The zero-order valence-corrected chi connectivity index (χ0v) is 21.7. The molecule has 0 bridgehead atoms. The summed E-state index contributed by atoms with van der Waals surface area (Å²) in [4.78, 5) is 19.2. The fourth-order valence-corrected chi connectivity index (χ4v) is 5.64. The molecule has 6 aromatic rings. The van der Waals surface area contributed by atoms with Gasteiger partial charge in [0.05, 0.1) is 12.5 Å². The van der Waals surface area contributed by atoms with Crippen LogP contribution in [0.25, 0.3) is 11.1 Å². The van der Waals surface area contributed by atoms with Gasteiger partial charge in [0, 0.05) is 5.56 Å². The maximum Gasteiger partial charge on any atom is 0.211 e. The summed E-state index contributed by atoms with van der Waals surface area (Å²) in [6.45, 7) is 2.00. The summed E-state index contributed by atoms with van der Waals surface area (Å²) < 4.78 is 2.05. The summed E-state index contributed by atoms with van der Waals surface area (Å²) in [6.07, 6.45) is 3.49. The van der Waals surface area contributed by atoms with Crippen molar-refractivity contribution in [1.82, 2.24) is 9.55 Å². The molecule has 3 heteroatoms. The quantitative estimate of drug-likeness (QED) is 0.163. The fourth-order valence-electron chi connectivity index (χ4n) is 5.64. The van der Waals surface area contributed by atoms with E-state index in [1.54, 1.807) is 12.5 Å². The van der Waals surface area contributed by atoms with Gasteiger partial charge in [-0.1, -0.05) is 140 Å². The molecular weight excluding hydrogens is 476 g/mol. The molecule has 3 nitrogen and oxygen atoms in total. The molecule has 0 fully saturated rings. The summed E-state index contributed by atoms with van der Waals surface area (Å²) in [7, 11) is 0. The van der Waals surface area contributed by atoms with E-state index in [-0.39, 0.29) is 5.78 Å². The smallest absolute Gasteiger partial charge is 0.211 e. The average Bonchev–Trinajstić information content (AvgIpc) is 3.50. The lowest BCUT2D eigenvalue weighted by Gasteiger charge is -2.38. The summed E-state index contributed by atoms with van der Waals surface area (Å²) in [5, 5.41) is 0. The fraction of sp³-hybridized carbons (Fsp3) is 0.0556. The molecule has 0 saturated carbocycles. The van der Waals surface area contributed by atoms with Crippen molar-refractivity contribution in [1.29, 1.82) is 0 Å². The first-order valence-corrected chi connectivity index (χ1v) is 13.1. The highest BCUT2D eigenvalue weighted by Crippen LogP contribution is 2.42. The predicted octanol–water partition coefficient (Wildman–Crippen LogP) is 7.93. The van der Waals surface area contributed by atoms with Crippen molar-refractivity contribution in [3.05, 3.63) is 186 Å². The van der Waals surface area contributed by atoms with Crippen LogP contribution in [-0.4, -0.2) is 15.3 Å². The standard InChI is InChI=1S/C36H28N2O/c1-27-15-14-24-32(28-16-6-2-7-17-28)34(27)35(39)33-25-37-26-38(33)36(29-18-8-3-9-19-29,30-20-10-4-11-21-30)31-22-12-5-13-23-31/h2-26H,1H3. The Hall–Kier alpha value is -5.02. The number of hydrogen-bond acceptors (Lipinski definition) is 2. The van der Waals surface area contributed by atoms with Gasteiger partial charge in [-0.25, -0.2) is 4.98 Å². The van der Waals surface area contributed by atoms with Gasteiger partial charge < -0.3 is 4.57 Å². The van der Waals surface area contributed by atoms with Crippen molar-refractivity contribution < 1.29 is 4.79 Å². The van der Waals surface area contributed by atoms with Crippen LogP contribution in [0.3, 0.4) is 0 Å². The molecule has 0 aliphatic rings. The van der Waals surface area contributed by atoms with Crippen molar-refractivity contribution >= 4 is 5.78 Å². The molecule has 0 radical (unpaired) electrons. The van der Waals surface area contributed by atoms with E-state index in [4.69, 9.17) is 0 Å². The molecule has 0 N–H and O–H groups in total. The minimum absolute atomic E-state index is 0.0587. The van der Waals surface area contributed by atoms with Gasteiger partial charge in [-0.15, -0.1) is 0 Å². The van der Waals surface area contributed by atoms with Crippen molar-refractivity contribution in [2.45, 2.75) is 12.5 Å². The topological polar surface area (TPSA) is 34.9 Å². The summed E-state index contributed by atoms with van der Waals surface area (Å²) >= 11 is 0. The second-order valence-corrected chi connectivity index (χ2v) is 9.65. The molecule has 0 aliphatic carbocycles. The molecule has 188 valence electrons. The van der Waals surface area contributed by atoms with E-state index in [0.717, 1.165) is 33.4 Å². The third-order valence-corrected chi connectivity index (χ3v) is 7.39. The highest BCUT2D eigenvalue weighted by atomic mass is 16.1. The maximum atomic E-state index is 14.6. The molecule has 0 unspecified atom stereocenters. The van der Waals surface area contributed by atoms with Crippen molar-refractivity contribution in [3.63, 3.8) is 0 Å². The molecule has 0 spiro atoms.